The van der Waals surface area contributed by atoms with Gasteiger partial charge in [0.1, 0.15) is 22.2 Å². The average molecular weight is 675 g/mol. The molecule has 4 heterocycles. The topological polar surface area (TPSA) is 77.1 Å². The number of pyridine rings is 2. The van der Waals surface area contributed by atoms with Gasteiger partial charge in [0.2, 0.25) is 0 Å². The van der Waals surface area contributed by atoms with Crippen molar-refractivity contribution in [2.75, 3.05) is 5.32 Å². The molecule has 0 fully saturated rings. The first-order chi connectivity index (χ1) is 24.5. The first kappa shape index (κ1) is 30.9. The van der Waals surface area contributed by atoms with E-state index >= 15 is 4.39 Å². The third-order valence-electron chi connectivity index (χ3n) is 8.83. The molecule has 8 rings (SSSR count). The van der Waals surface area contributed by atoms with Crippen LogP contribution in [-0.4, -0.2) is 30.1 Å². The molecule has 0 aliphatic rings. The Morgan fingerprint density at radius 1 is 0.660 bits per heavy atom. The second-order valence-corrected chi connectivity index (χ2v) is 12.2. The molecule has 0 unspecified atom stereocenters. The highest BCUT2D eigenvalue weighted by Crippen LogP contribution is 2.41. The number of hydrogen-bond acceptors (Lipinski definition) is 4. The number of carbonyl (C=O) groups excluding carboxylic acids is 1. The molecule has 0 aliphatic heterocycles. The molecular weight excluding hydrogens is 647 g/mol. The number of carbonyl (C=O) groups is 1. The minimum absolute atomic E-state index is 0.0932. The predicted octanol–water partition coefficient (Wildman–Crippen LogP) is 9.14. The molecule has 4 aromatic carbocycles. The number of nitrogens with one attached hydrogen (secondary N) is 1. The number of aromatic nitrogens is 5. The molecule has 0 atom stereocenters. The van der Waals surface area contributed by atoms with Gasteiger partial charge in [-0.2, -0.15) is 5.10 Å². The van der Waals surface area contributed by atoms with Crippen LogP contribution in [0.5, 0.6) is 0 Å². The van der Waals surface area contributed by atoms with Crippen LogP contribution in [0, 0.1) is 5.82 Å². The van der Waals surface area contributed by atoms with E-state index in [9.17, 15) is 4.79 Å². The Labute approximate surface area is 292 Å². The molecule has 0 spiro atoms. The zero-order valence-electron chi connectivity index (χ0n) is 26.5. The molecule has 1 amide bonds. The number of hydrogen-bond donors (Lipinski definition) is 1. The van der Waals surface area contributed by atoms with E-state index in [0.29, 0.717) is 27.7 Å². The summed E-state index contributed by atoms with van der Waals surface area (Å²) in [7, 11) is 0. The largest absolute Gasteiger partial charge is 0.320 e. The first-order valence-electron chi connectivity index (χ1n) is 15.9. The van der Waals surface area contributed by atoms with Crippen LogP contribution in [0.3, 0.4) is 0 Å². The molecule has 242 valence electrons. The quantitative estimate of drug-likeness (QED) is 0.129. The van der Waals surface area contributed by atoms with E-state index in [4.69, 9.17) is 16.7 Å². The lowest BCUT2D eigenvalue weighted by Crippen LogP contribution is -2.38. The van der Waals surface area contributed by atoms with Crippen molar-refractivity contribution < 1.29 is 9.18 Å². The molecule has 0 saturated heterocycles. The third kappa shape index (κ3) is 5.51. The Hall–Kier alpha value is -6.38. The van der Waals surface area contributed by atoms with Gasteiger partial charge in [-0.1, -0.05) is 109 Å². The van der Waals surface area contributed by atoms with Crippen LogP contribution >= 0.6 is 11.6 Å². The van der Waals surface area contributed by atoms with E-state index < -0.39 is 17.3 Å². The molecule has 9 heteroatoms. The van der Waals surface area contributed by atoms with Crippen molar-refractivity contribution in [3.8, 4) is 22.4 Å². The number of halogens is 2. The Morgan fingerprint density at radius 2 is 1.30 bits per heavy atom. The molecule has 7 nitrogen and oxygen atoms in total. The van der Waals surface area contributed by atoms with E-state index in [1.807, 2.05) is 88.2 Å². The number of amides is 1. The second kappa shape index (κ2) is 12.9. The number of nitrogens with zero attached hydrogens (tertiary/aromatic N) is 5. The van der Waals surface area contributed by atoms with Crippen LogP contribution in [0.1, 0.15) is 27.0 Å². The van der Waals surface area contributed by atoms with E-state index in [-0.39, 0.29) is 5.56 Å². The maximum Gasteiger partial charge on any atom is 0.258 e. The van der Waals surface area contributed by atoms with Crippen LogP contribution in [0.15, 0.2) is 164 Å². The number of imidazole rings is 1. The standard InChI is InChI=1S/C41H28ClFN6O/c42-38-20-18-34(24-44-38)47-40(50)35-19-16-28(22-36(35)43)37-25-45-39-21-17-29(26-48(37)39)30-23-46-49(27-30)41(31-10-4-1-5-11-31,32-12-6-2-7-13-32)33-14-8-3-9-15-33/h1-27H,(H,47,50). The SMILES string of the molecule is O=C(Nc1ccc(Cl)nc1)c1ccc(-c2cnc3ccc(-c4cnn(C(c5ccccc5)(c5ccccc5)c5ccccc5)c4)cn23)cc1F. The molecule has 1 N–H and O–H groups in total. The minimum Gasteiger partial charge on any atom is -0.320 e. The Morgan fingerprint density at radius 3 is 1.90 bits per heavy atom. The third-order valence-corrected chi connectivity index (χ3v) is 9.06. The van der Waals surface area contributed by atoms with Gasteiger partial charge in [0.25, 0.3) is 5.91 Å². The molecule has 0 saturated carbocycles. The summed E-state index contributed by atoms with van der Waals surface area (Å²) in [5, 5.41) is 7.96. The number of rotatable bonds is 8. The summed E-state index contributed by atoms with van der Waals surface area (Å²) in [4.78, 5) is 21.4. The van der Waals surface area contributed by atoms with E-state index in [1.165, 1.54) is 18.3 Å². The van der Waals surface area contributed by atoms with Crippen molar-refractivity contribution in [2.24, 2.45) is 0 Å². The molecule has 0 bridgehead atoms. The van der Waals surface area contributed by atoms with Gasteiger partial charge < -0.3 is 5.32 Å². The van der Waals surface area contributed by atoms with E-state index in [1.54, 1.807) is 24.4 Å². The van der Waals surface area contributed by atoms with Crippen molar-refractivity contribution in [1.82, 2.24) is 24.1 Å². The first-order valence-corrected chi connectivity index (χ1v) is 16.3. The lowest BCUT2D eigenvalue weighted by Gasteiger charge is -2.36. The smallest absolute Gasteiger partial charge is 0.258 e. The Balaban J connectivity index is 1.18. The maximum absolute atomic E-state index is 15.4. The molecule has 0 aliphatic carbocycles. The van der Waals surface area contributed by atoms with Gasteiger partial charge in [-0.25, -0.2) is 14.4 Å². The zero-order chi connectivity index (χ0) is 34.1. The summed E-state index contributed by atoms with van der Waals surface area (Å²) in [6.07, 6.45) is 9.01. The lowest BCUT2D eigenvalue weighted by atomic mass is 9.77. The van der Waals surface area contributed by atoms with Gasteiger partial charge in [0, 0.05) is 29.1 Å². The lowest BCUT2D eigenvalue weighted by molar-refractivity contribution is 0.102. The molecule has 8 aromatic rings. The highest BCUT2D eigenvalue weighted by molar-refractivity contribution is 6.29. The van der Waals surface area contributed by atoms with Gasteiger partial charge in [0.15, 0.2) is 0 Å². The molecule has 50 heavy (non-hydrogen) atoms. The van der Waals surface area contributed by atoms with Crippen LogP contribution < -0.4 is 5.32 Å². The minimum atomic E-state index is -0.748. The Kier molecular flexibility index (Phi) is 7.98. The monoisotopic (exact) mass is 674 g/mol. The second-order valence-electron chi connectivity index (χ2n) is 11.8. The highest BCUT2D eigenvalue weighted by Gasteiger charge is 2.39. The van der Waals surface area contributed by atoms with Crippen LogP contribution in [0.4, 0.5) is 10.1 Å². The molecule has 0 radical (unpaired) electrons. The average Bonchev–Trinajstić information content (AvgIpc) is 3.82. The fourth-order valence-electron chi connectivity index (χ4n) is 6.46. The van der Waals surface area contributed by atoms with Crippen molar-refractivity contribution in [2.45, 2.75) is 5.54 Å². The summed E-state index contributed by atoms with van der Waals surface area (Å²) in [5.74, 6) is -1.25. The van der Waals surface area contributed by atoms with Gasteiger partial charge in [-0.05, 0) is 53.1 Å². The van der Waals surface area contributed by atoms with Crippen LogP contribution in [0.25, 0.3) is 28.0 Å². The van der Waals surface area contributed by atoms with Crippen molar-refractivity contribution in [3.05, 3.63) is 198 Å². The van der Waals surface area contributed by atoms with Gasteiger partial charge in [-0.15, -0.1) is 0 Å². The van der Waals surface area contributed by atoms with Gasteiger partial charge in [-0.3, -0.25) is 13.9 Å². The predicted molar refractivity (Wildman–Crippen MR) is 194 cm³/mol. The highest BCUT2D eigenvalue weighted by atomic mass is 35.5. The van der Waals surface area contributed by atoms with E-state index in [0.717, 1.165) is 27.8 Å². The molecule has 4 aromatic heterocycles. The van der Waals surface area contributed by atoms with Gasteiger partial charge in [0.05, 0.1) is 35.5 Å². The number of anilines is 1. The summed E-state index contributed by atoms with van der Waals surface area (Å²) in [5.41, 5.74) is 6.53. The summed E-state index contributed by atoms with van der Waals surface area (Å²) < 4.78 is 19.3. The van der Waals surface area contributed by atoms with Crippen LogP contribution in [0.2, 0.25) is 5.15 Å². The normalized spacial score (nSPS) is 11.5. The zero-order valence-corrected chi connectivity index (χ0v) is 27.2. The summed E-state index contributed by atoms with van der Waals surface area (Å²) in [6.45, 7) is 0. The van der Waals surface area contributed by atoms with Crippen molar-refractivity contribution in [1.29, 1.82) is 0 Å². The van der Waals surface area contributed by atoms with Crippen LogP contribution in [-0.2, 0) is 5.54 Å². The van der Waals surface area contributed by atoms with E-state index in [2.05, 4.69) is 57.9 Å². The van der Waals surface area contributed by atoms with Crippen molar-refractivity contribution in [3.63, 3.8) is 0 Å². The summed E-state index contributed by atoms with van der Waals surface area (Å²) in [6, 6.07) is 42.7. The fourth-order valence-corrected chi connectivity index (χ4v) is 6.57. The maximum atomic E-state index is 15.4. The number of fused-ring (bicyclic) bond motifs is 1. The summed E-state index contributed by atoms with van der Waals surface area (Å²) >= 11 is 5.84. The Bertz CT molecular complexity index is 2350. The van der Waals surface area contributed by atoms with Crippen molar-refractivity contribution >= 4 is 28.8 Å². The molecular formula is C41H28ClFN6O. The fraction of sp³-hybridized carbons (Fsp3) is 0.0244. The number of benzene rings is 4. The van der Waals surface area contributed by atoms with Gasteiger partial charge >= 0.3 is 0 Å².